The van der Waals surface area contributed by atoms with Crippen LogP contribution >= 0.6 is 0 Å². The maximum atomic E-state index is 12.6. The van der Waals surface area contributed by atoms with Gasteiger partial charge in [0.15, 0.2) is 5.82 Å². The standard InChI is InChI=1S/C19H24N4O2/c1-13-16-4-2-3-5-17(16)18(22-21-13)23-9-6-14(12-23)19(24)20-15-7-10-25-11-8-15/h2-5,14-15H,6-12H2,1H3,(H,20,24). The fraction of sp³-hybridized carbons (Fsp3) is 0.526. The molecule has 1 atom stereocenters. The van der Waals surface area contributed by atoms with E-state index in [-0.39, 0.29) is 17.9 Å². The average molecular weight is 340 g/mol. The van der Waals surface area contributed by atoms with Crippen molar-refractivity contribution in [1.29, 1.82) is 0 Å². The molecule has 1 amide bonds. The molecule has 2 fully saturated rings. The van der Waals surface area contributed by atoms with Gasteiger partial charge >= 0.3 is 0 Å². The number of carbonyl (C=O) groups excluding carboxylic acids is 1. The highest BCUT2D eigenvalue weighted by Crippen LogP contribution is 2.29. The highest BCUT2D eigenvalue weighted by Gasteiger charge is 2.31. The Bertz CT molecular complexity index is 773. The highest BCUT2D eigenvalue weighted by atomic mass is 16.5. The molecule has 2 aliphatic heterocycles. The summed E-state index contributed by atoms with van der Waals surface area (Å²) in [6.07, 6.45) is 2.69. The molecule has 132 valence electrons. The van der Waals surface area contributed by atoms with E-state index >= 15 is 0 Å². The maximum absolute atomic E-state index is 12.6. The summed E-state index contributed by atoms with van der Waals surface area (Å²) in [6, 6.07) is 8.47. The third-order valence-electron chi connectivity index (χ3n) is 5.28. The fourth-order valence-electron chi connectivity index (χ4n) is 3.78. The first kappa shape index (κ1) is 16.3. The van der Waals surface area contributed by atoms with Crippen LogP contribution in [-0.2, 0) is 9.53 Å². The molecule has 0 spiro atoms. The Morgan fingerprint density at radius 2 is 1.92 bits per heavy atom. The number of amides is 1. The second-order valence-corrected chi connectivity index (χ2v) is 6.98. The van der Waals surface area contributed by atoms with Crippen LogP contribution in [0.25, 0.3) is 10.8 Å². The van der Waals surface area contributed by atoms with Gasteiger partial charge in [0.1, 0.15) is 0 Å². The second-order valence-electron chi connectivity index (χ2n) is 6.98. The summed E-state index contributed by atoms with van der Waals surface area (Å²) in [5.41, 5.74) is 0.937. The summed E-state index contributed by atoms with van der Waals surface area (Å²) in [6.45, 7) is 5.01. The molecule has 2 aromatic rings. The van der Waals surface area contributed by atoms with E-state index in [1.165, 1.54) is 0 Å². The van der Waals surface area contributed by atoms with Crippen LogP contribution in [0, 0.1) is 12.8 Å². The third-order valence-corrected chi connectivity index (χ3v) is 5.28. The van der Waals surface area contributed by atoms with E-state index in [0.29, 0.717) is 6.54 Å². The lowest BCUT2D eigenvalue weighted by Crippen LogP contribution is -2.42. The van der Waals surface area contributed by atoms with Crippen LogP contribution in [0.1, 0.15) is 25.0 Å². The van der Waals surface area contributed by atoms with Crippen molar-refractivity contribution in [2.75, 3.05) is 31.2 Å². The molecule has 1 unspecified atom stereocenters. The van der Waals surface area contributed by atoms with Crippen molar-refractivity contribution in [3.05, 3.63) is 30.0 Å². The molecule has 0 radical (unpaired) electrons. The number of aryl methyl sites for hydroxylation is 1. The summed E-state index contributed by atoms with van der Waals surface area (Å²) < 4.78 is 5.36. The van der Waals surface area contributed by atoms with Crippen molar-refractivity contribution in [2.24, 2.45) is 5.92 Å². The van der Waals surface area contributed by atoms with Crippen molar-refractivity contribution in [3.63, 3.8) is 0 Å². The molecule has 0 bridgehead atoms. The summed E-state index contributed by atoms with van der Waals surface area (Å²) in [4.78, 5) is 14.8. The normalized spacial score (nSPS) is 21.6. The van der Waals surface area contributed by atoms with Gasteiger partial charge in [0.2, 0.25) is 5.91 Å². The Labute approximate surface area is 147 Å². The van der Waals surface area contributed by atoms with Crippen LogP contribution in [0.5, 0.6) is 0 Å². The number of aromatic nitrogens is 2. The third kappa shape index (κ3) is 3.31. The number of hydrogen-bond donors (Lipinski definition) is 1. The zero-order valence-corrected chi connectivity index (χ0v) is 14.6. The molecule has 2 saturated heterocycles. The van der Waals surface area contributed by atoms with E-state index in [1.54, 1.807) is 0 Å². The van der Waals surface area contributed by atoms with Crippen LogP contribution < -0.4 is 10.2 Å². The fourth-order valence-corrected chi connectivity index (χ4v) is 3.78. The zero-order chi connectivity index (χ0) is 17.2. The lowest BCUT2D eigenvalue weighted by atomic mass is 10.1. The van der Waals surface area contributed by atoms with Crippen molar-refractivity contribution >= 4 is 22.5 Å². The molecule has 3 heterocycles. The number of nitrogens with one attached hydrogen (secondary N) is 1. The van der Waals surface area contributed by atoms with Crippen molar-refractivity contribution in [3.8, 4) is 0 Å². The smallest absolute Gasteiger partial charge is 0.225 e. The first-order valence-electron chi connectivity index (χ1n) is 9.07. The Morgan fingerprint density at radius 1 is 1.16 bits per heavy atom. The molecule has 1 aromatic heterocycles. The van der Waals surface area contributed by atoms with E-state index in [1.807, 2.05) is 19.1 Å². The maximum Gasteiger partial charge on any atom is 0.225 e. The number of hydrogen-bond acceptors (Lipinski definition) is 5. The van der Waals surface area contributed by atoms with E-state index in [4.69, 9.17) is 4.74 Å². The predicted molar refractivity (Wildman–Crippen MR) is 96.6 cm³/mol. The molecule has 4 rings (SSSR count). The Balaban J connectivity index is 1.47. The molecule has 6 nitrogen and oxygen atoms in total. The molecule has 6 heteroatoms. The molecule has 0 aliphatic carbocycles. The van der Waals surface area contributed by atoms with Crippen LogP contribution in [0.3, 0.4) is 0 Å². The molecular weight excluding hydrogens is 316 g/mol. The van der Waals surface area contributed by atoms with Crippen LogP contribution in [-0.4, -0.2) is 48.4 Å². The monoisotopic (exact) mass is 340 g/mol. The summed E-state index contributed by atoms with van der Waals surface area (Å²) in [5.74, 6) is 1.08. The topological polar surface area (TPSA) is 67.4 Å². The first-order chi connectivity index (χ1) is 12.2. The van der Waals surface area contributed by atoms with Gasteiger partial charge in [-0.05, 0) is 26.2 Å². The van der Waals surface area contributed by atoms with E-state index < -0.39 is 0 Å². The summed E-state index contributed by atoms with van der Waals surface area (Å²) in [5, 5.41) is 14.2. The number of fused-ring (bicyclic) bond motifs is 1. The van der Waals surface area contributed by atoms with Crippen molar-refractivity contribution in [2.45, 2.75) is 32.2 Å². The summed E-state index contributed by atoms with van der Waals surface area (Å²) >= 11 is 0. The molecule has 1 N–H and O–H groups in total. The van der Waals surface area contributed by atoms with Crippen molar-refractivity contribution < 1.29 is 9.53 Å². The molecular formula is C19H24N4O2. The summed E-state index contributed by atoms with van der Waals surface area (Å²) in [7, 11) is 0. The number of benzene rings is 1. The van der Waals surface area contributed by atoms with Gasteiger partial charge in [-0.15, -0.1) is 5.10 Å². The lowest BCUT2D eigenvalue weighted by molar-refractivity contribution is -0.125. The first-order valence-corrected chi connectivity index (χ1v) is 9.07. The number of rotatable bonds is 3. The minimum Gasteiger partial charge on any atom is -0.381 e. The van der Waals surface area contributed by atoms with E-state index in [9.17, 15) is 4.79 Å². The van der Waals surface area contributed by atoms with E-state index in [2.05, 4.69) is 32.5 Å². The number of ether oxygens (including phenoxy) is 1. The highest BCUT2D eigenvalue weighted by molar-refractivity contribution is 5.93. The van der Waals surface area contributed by atoms with Gasteiger partial charge in [-0.25, -0.2) is 0 Å². The number of nitrogens with zero attached hydrogens (tertiary/aromatic N) is 3. The molecule has 25 heavy (non-hydrogen) atoms. The minimum absolute atomic E-state index is 0.0183. The minimum atomic E-state index is 0.0183. The van der Waals surface area contributed by atoms with Crippen LogP contribution in [0.2, 0.25) is 0 Å². The van der Waals surface area contributed by atoms with Gasteiger partial charge in [-0.1, -0.05) is 24.3 Å². The van der Waals surface area contributed by atoms with Gasteiger partial charge in [0.05, 0.1) is 11.6 Å². The van der Waals surface area contributed by atoms with Gasteiger partial charge in [-0.2, -0.15) is 5.10 Å². The predicted octanol–water partition coefficient (Wildman–Crippen LogP) is 2.06. The van der Waals surface area contributed by atoms with Crippen LogP contribution in [0.4, 0.5) is 5.82 Å². The SMILES string of the molecule is Cc1nnc(N2CCC(C(=O)NC3CCOCC3)C2)c2ccccc12. The van der Waals surface area contributed by atoms with Gasteiger partial charge in [-0.3, -0.25) is 4.79 Å². The van der Waals surface area contributed by atoms with Gasteiger partial charge in [0.25, 0.3) is 0 Å². The quantitative estimate of drug-likeness (QED) is 0.926. The molecule has 1 aromatic carbocycles. The van der Waals surface area contributed by atoms with E-state index in [0.717, 1.165) is 61.3 Å². The Morgan fingerprint density at radius 3 is 2.72 bits per heavy atom. The zero-order valence-electron chi connectivity index (χ0n) is 14.6. The number of carbonyl (C=O) groups is 1. The Kier molecular flexibility index (Phi) is 4.53. The lowest BCUT2D eigenvalue weighted by Gasteiger charge is -2.25. The average Bonchev–Trinajstić information content (AvgIpc) is 3.13. The second kappa shape index (κ2) is 6.96. The molecule has 2 aliphatic rings. The van der Waals surface area contributed by atoms with Gasteiger partial charge in [0, 0.05) is 43.1 Å². The van der Waals surface area contributed by atoms with Crippen molar-refractivity contribution in [1.82, 2.24) is 15.5 Å². The number of anilines is 1. The molecule has 0 saturated carbocycles. The Hall–Kier alpha value is -2.21. The largest absolute Gasteiger partial charge is 0.381 e. The van der Waals surface area contributed by atoms with Gasteiger partial charge < -0.3 is 15.0 Å². The van der Waals surface area contributed by atoms with Crippen LogP contribution in [0.15, 0.2) is 24.3 Å².